The van der Waals surface area contributed by atoms with Crippen molar-refractivity contribution in [2.75, 3.05) is 6.61 Å². The number of hydrogen-bond donors (Lipinski definition) is 0. The van der Waals surface area contributed by atoms with Gasteiger partial charge in [0.2, 0.25) is 0 Å². The molecule has 0 radical (unpaired) electrons. The topological polar surface area (TPSA) is 26.3 Å². The third-order valence-electron chi connectivity index (χ3n) is 3.64. The SMILES string of the molecule is C=CCC(C)=C=C(C)C(=O)CO[Si](C)(C)C(C)(C)C. The van der Waals surface area contributed by atoms with Crippen molar-refractivity contribution < 1.29 is 9.22 Å². The van der Waals surface area contributed by atoms with E-state index in [1.807, 2.05) is 13.0 Å². The maximum absolute atomic E-state index is 12.0. The first-order valence-electron chi connectivity index (χ1n) is 6.72. The Morgan fingerprint density at radius 1 is 1.32 bits per heavy atom. The van der Waals surface area contributed by atoms with Gasteiger partial charge in [-0.05, 0) is 44.0 Å². The molecule has 0 aliphatic heterocycles. The van der Waals surface area contributed by atoms with Gasteiger partial charge in [0.15, 0.2) is 14.1 Å². The third kappa shape index (κ3) is 6.19. The van der Waals surface area contributed by atoms with Gasteiger partial charge in [0.05, 0.1) is 6.61 Å². The molecule has 19 heavy (non-hydrogen) atoms. The Kier molecular flexibility index (Phi) is 6.71. The quantitative estimate of drug-likeness (QED) is 0.306. The highest BCUT2D eigenvalue weighted by molar-refractivity contribution is 6.74. The first kappa shape index (κ1) is 18.1. The molecule has 0 aromatic heterocycles. The molecule has 0 aromatic carbocycles. The zero-order valence-electron chi connectivity index (χ0n) is 13.5. The fourth-order valence-electron chi connectivity index (χ4n) is 1.23. The molecule has 2 nitrogen and oxygen atoms in total. The largest absolute Gasteiger partial charge is 0.409 e. The molecule has 0 bridgehead atoms. The maximum Gasteiger partial charge on any atom is 0.192 e. The number of Topliss-reactive ketones (excluding diaryl/α,β-unsaturated/α-hetero) is 1. The summed E-state index contributed by atoms with van der Waals surface area (Å²) in [6.45, 7) is 18.4. The van der Waals surface area contributed by atoms with Crippen LogP contribution in [0.1, 0.15) is 41.0 Å². The summed E-state index contributed by atoms with van der Waals surface area (Å²) in [5, 5.41) is 0.124. The lowest BCUT2D eigenvalue weighted by atomic mass is 10.1. The van der Waals surface area contributed by atoms with Crippen LogP contribution in [0.4, 0.5) is 0 Å². The Bertz CT molecular complexity index is 405. The summed E-state index contributed by atoms with van der Waals surface area (Å²) >= 11 is 0. The van der Waals surface area contributed by atoms with Crippen LogP contribution in [0.25, 0.3) is 0 Å². The maximum atomic E-state index is 12.0. The van der Waals surface area contributed by atoms with E-state index < -0.39 is 8.32 Å². The molecular formula is C16H28O2Si. The molecule has 0 N–H and O–H groups in total. The smallest absolute Gasteiger partial charge is 0.192 e. The zero-order valence-corrected chi connectivity index (χ0v) is 14.5. The average molecular weight is 280 g/mol. The van der Waals surface area contributed by atoms with E-state index in [0.29, 0.717) is 5.57 Å². The zero-order chi connectivity index (χ0) is 15.3. The molecule has 0 heterocycles. The molecule has 3 heteroatoms. The summed E-state index contributed by atoms with van der Waals surface area (Å²) < 4.78 is 5.92. The molecule has 0 atom stereocenters. The van der Waals surface area contributed by atoms with E-state index in [1.54, 1.807) is 6.92 Å². The normalized spacial score (nSPS) is 11.7. The van der Waals surface area contributed by atoms with Crippen LogP contribution in [-0.4, -0.2) is 20.7 Å². The van der Waals surface area contributed by atoms with Gasteiger partial charge < -0.3 is 4.43 Å². The second-order valence-corrected chi connectivity index (χ2v) is 11.3. The predicted molar refractivity (Wildman–Crippen MR) is 84.9 cm³/mol. The van der Waals surface area contributed by atoms with Crippen LogP contribution >= 0.6 is 0 Å². The molecular weight excluding hydrogens is 252 g/mol. The minimum Gasteiger partial charge on any atom is -0.409 e. The molecule has 108 valence electrons. The lowest BCUT2D eigenvalue weighted by Crippen LogP contribution is -2.42. The lowest BCUT2D eigenvalue weighted by molar-refractivity contribution is -0.117. The van der Waals surface area contributed by atoms with Crippen LogP contribution in [0.2, 0.25) is 18.1 Å². The standard InChI is InChI=1S/C16H28O2Si/c1-9-10-13(2)11-14(3)15(17)12-18-19(7,8)16(4,5)6/h9H,1,10,12H2,2-8H3. The van der Waals surface area contributed by atoms with Gasteiger partial charge in [-0.25, -0.2) is 0 Å². The highest BCUT2D eigenvalue weighted by Crippen LogP contribution is 2.36. The summed E-state index contributed by atoms with van der Waals surface area (Å²) in [5.74, 6) is 0.0215. The van der Waals surface area contributed by atoms with Gasteiger partial charge in [-0.15, -0.1) is 12.3 Å². The number of allylic oxidation sites excluding steroid dienone is 1. The Balaban J connectivity index is 4.74. The van der Waals surface area contributed by atoms with E-state index in [-0.39, 0.29) is 17.4 Å². The van der Waals surface area contributed by atoms with Crippen LogP contribution < -0.4 is 0 Å². The summed E-state index contributed by atoms with van der Waals surface area (Å²) in [6.07, 6.45) is 2.57. The van der Waals surface area contributed by atoms with Crippen molar-refractivity contribution in [3.05, 3.63) is 29.5 Å². The van der Waals surface area contributed by atoms with Crippen molar-refractivity contribution in [3.63, 3.8) is 0 Å². The number of hydrogen-bond acceptors (Lipinski definition) is 2. The summed E-state index contributed by atoms with van der Waals surface area (Å²) in [7, 11) is -1.85. The summed E-state index contributed by atoms with van der Waals surface area (Å²) in [6, 6.07) is 0. The number of carbonyl (C=O) groups is 1. The average Bonchev–Trinajstić information content (AvgIpc) is 2.24. The van der Waals surface area contributed by atoms with Crippen molar-refractivity contribution >= 4 is 14.1 Å². The van der Waals surface area contributed by atoms with Crippen molar-refractivity contribution in [1.29, 1.82) is 0 Å². The van der Waals surface area contributed by atoms with E-state index in [1.165, 1.54) is 0 Å². The second kappa shape index (κ2) is 7.04. The van der Waals surface area contributed by atoms with Gasteiger partial charge in [-0.2, -0.15) is 0 Å². The van der Waals surface area contributed by atoms with Crippen LogP contribution in [0.5, 0.6) is 0 Å². The van der Waals surface area contributed by atoms with Gasteiger partial charge in [-0.1, -0.05) is 26.8 Å². The summed E-state index contributed by atoms with van der Waals surface area (Å²) in [5.41, 5.74) is 4.76. The number of carbonyl (C=O) groups excluding carboxylic acids is 1. The van der Waals surface area contributed by atoms with Gasteiger partial charge in [0, 0.05) is 5.57 Å². The fraction of sp³-hybridized carbons (Fsp3) is 0.625. The number of rotatable bonds is 6. The first-order chi connectivity index (χ1) is 8.51. The molecule has 0 amide bonds. The van der Waals surface area contributed by atoms with Crippen molar-refractivity contribution in [1.82, 2.24) is 0 Å². The van der Waals surface area contributed by atoms with E-state index in [9.17, 15) is 4.79 Å². The van der Waals surface area contributed by atoms with Gasteiger partial charge >= 0.3 is 0 Å². The van der Waals surface area contributed by atoms with Crippen molar-refractivity contribution in [3.8, 4) is 0 Å². The van der Waals surface area contributed by atoms with Crippen LogP contribution in [0.15, 0.2) is 29.5 Å². The van der Waals surface area contributed by atoms with Crippen LogP contribution in [0.3, 0.4) is 0 Å². The van der Waals surface area contributed by atoms with Crippen LogP contribution in [0, 0.1) is 0 Å². The molecule has 0 aliphatic rings. The highest BCUT2D eigenvalue weighted by atomic mass is 28.4. The molecule has 0 aliphatic carbocycles. The summed E-state index contributed by atoms with van der Waals surface area (Å²) in [4.78, 5) is 12.0. The Morgan fingerprint density at radius 3 is 2.26 bits per heavy atom. The Morgan fingerprint density at radius 2 is 1.84 bits per heavy atom. The van der Waals surface area contributed by atoms with Gasteiger partial charge in [0.1, 0.15) is 0 Å². The Labute approximate surface area is 119 Å². The van der Waals surface area contributed by atoms with Gasteiger partial charge in [-0.3, -0.25) is 4.79 Å². The van der Waals surface area contributed by atoms with E-state index >= 15 is 0 Å². The van der Waals surface area contributed by atoms with Gasteiger partial charge in [0.25, 0.3) is 0 Å². The monoisotopic (exact) mass is 280 g/mol. The fourth-order valence-corrected chi connectivity index (χ4v) is 2.15. The van der Waals surface area contributed by atoms with E-state index in [4.69, 9.17) is 4.43 Å². The van der Waals surface area contributed by atoms with Crippen molar-refractivity contribution in [2.45, 2.75) is 59.2 Å². The minimum atomic E-state index is -1.85. The van der Waals surface area contributed by atoms with Crippen LogP contribution in [-0.2, 0) is 9.22 Å². The van der Waals surface area contributed by atoms with E-state index in [2.05, 4.69) is 46.2 Å². The lowest BCUT2D eigenvalue weighted by Gasteiger charge is -2.35. The molecule has 0 aromatic rings. The molecule has 0 spiro atoms. The van der Waals surface area contributed by atoms with Crippen molar-refractivity contribution in [2.24, 2.45) is 0 Å². The first-order valence-corrected chi connectivity index (χ1v) is 9.63. The molecule has 0 saturated carbocycles. The van der Waals surface area contributed by atoms with E-state index in [0.717, 1.165) is 12.0 Å². The Hall–Kier alpha value is -0.893. The second-order valence-electron chi connectivity index (χ2n) is 6.50. The molecule has 0 saturated heterocycles. The molecule has 0 unspecified atom stereocenters. The third-order valence-corrected chi connectivity index (χ3v) is 8.12. The number of ketones is 1. The predicted octanol–water partition coefficient (Wildman–Crippen LogP) is 4.64. The molecule has 0 rings (SSSR count). The highest BCUT2D eigenvalue weighted by Gasteiger charge is 2.37. The molecule has 0 fully saturated rings. The minimum absolute atomic E-state index is 0.0215.